The molecule has 0 saturated heterocycles. The number of phenols is 1. The molecule has 0 aliphatic heterocycles. The van der Waals surface area contributed by atoms with Crippen LogP contribution in [0, 0.1) is 17.8 Å². The summed E-state index contributed by atoms with van der Waals surface area (Å²) in [6.07, 6.45) is 1.13. The third-order valence-corrected chi connectivity index (χ3v) is 8.22. The zero-order valence-electron chi connectivity index (χ0n) is 23.2. The second kappa shape index (κ2) is 9.87. The quantitative estimate of drug-likeness (QED) is 0.219. The van der Waals surface area contributed by atoms with Crippen molar-refractivity contribution < 1.29 is 34.8 Å². The highest BCUT2D eigenvalue weighted by Gasteiger charge is 2.64. The van der Waals surface area contributed by atoms with Crippen molar-refractivity contribution in [3.63, 3.8) is 0 Å². The number of fused-ring (bicyclic) bond motifs is 3. The van der Waals surface area contributed by atoms with Gasteiger partial charge in [0.1, 0.15) is 22.8 Å². The summed E-state index contributed by atoms with van der Waals surface area (Å²) in [7, 11) is 6.82. The van der Waals surface area contributed by atoms with Gasteiger partial charge < -0.3 is 36.4 Å². The van der Waals surface area contributed by atoms with Crippen LogP contribution >= 0.6 is 0 Å². The fraction of sp³-hybridized carbons (Fsp3) is 0.536. The van der Waals surface area contributed by atoms with E-state index in [0.717, 1.165) is 12.1 Å². The maximum atomic E-state index is 14.0. The van der Waals surface area contributed by atoms with Crippen molar-refractivity contribution >= 4 is 34.6 Å². The Morgan fingerprint density at radius 3 is 2.36 bits per heavy atom. The number of carbonyl (C=O) groups excluding carboxylic acids is 3. The summed E-state index contributed by atoms with van der Waals surface area (Å²) in [6, 6.07) is 0.686. The van der Waals surface area contributed by atoms with Gasteiger partial charge in [0, 0.05) is 37.8 Å². The van der Waals surface area contributed by atoms with Crippen LogP contribution in [-0.4, -0.2) is 89.2 Å². The molecule has 1 fully saturated rings. The first-order valence-electron chi connectivity index (χ1n) is 13.1. The first-order chi connectivity index (χ1) is 18.1. The number of primary amides is 1. The fourth-order valence-electron chi connectivity index (χ4n) is 6.32. The number of carbonyl (C=O) groups is 3. The molecular weight excluding hydrogens is 504 g/mol. The Morgan fingerprint density at radius 2 is 1.82 bits per heavy atom. The molecule has 2 unspecified atom stereocenters. The number of phenolic OH excluding ortho intramolecular Hbond substituents is 1. The normalized spacial score (nSPS) is 26.5. The molecule has 212 valence electrons. The topological polar surface area (TPSA) is 177 Å². The maximum absolute atomic E-state index is 14.0. The standard InChI is InChI=1S/C28H38N4O7/c1-12(2)7-8-30-16-11-17(31(3)4)14-9-13-10-15-21(32(5)6)24(35)20(27(29)38)26(37)28(15,39)25(36)18(13)23(34)19(14)22(16)33/h11-13,15,21,30,33-34,37,39H,7-10H2,1-6H3,(H2,29,38)/t13?,15?,21-,28-/m0/s1. The molecule has 11 heteroatoms. The van der Waals surface area contributed by atoms with E-state index in [1.165, 1.54) is 4.90 Å². The fourth-order valence-corrected chi connectivity index (χ4v) is 6.32. The van der Waals surface area contributed by atoms with Gasteiger partial charge in [0.05, 0.1) is 17.3 Å². The zero-order chi connectivity index (χ0) is 29.1. The molecule has 0 spiro atoms. The van der Waals surface area contributed by atoms with Gasteiger partial charge >= 0.3 is 0 Å². The van der Waals surface area contributed by atoms with E-state index in [-0.39, 0.29) is 29.7 Å². The monoisotopic (exact) mass is 542 g/mol. The number of aliphatic hydroxyl groups is 3. The molecule has 0 bridgehead atoms. The Hall–Kier alpha value is -3.57. The molecule has 4 rings (SSSR count). The highest BCUT2D eigenvalue weighted by atomic mass is 16.3. The van der Waals surface area contributed by atoms with Crippen LogP contribution in [0.25, 0.3) is 5.76 Å². The number of hydrogen-bond acceptors (Lipinski definition) is 10. The van der Waals surface area contributed by atoms with E-state index < -0.39 is 58.0 Å². The Kier molecular flexibility index (Phi) is 7.20. The van der Waals surface area contributed by atoms with E-state index in [2.05, 4.69) is 19.2 Å². The first kappa shape index (κ1) is 28.4. The van der Waals surface area contributed by atoms with E-state index >= 15 is 0 Å². The number of hydrogen-bond donors (Lipinski definition) is 6. The number of nitrogens with zero attached hydrogens (tertiary/aromatic N) is 2. The number of Topliss-reactive ketones (excluding diaryl/α,β-unsaturated/α-hetero) is 2. The van der Waals surface area contributed by atoms with Crippen molar-refractivity contribution in [3.8, 4) is 5.75 Å². The molecule has 1 saturated carbocycles. The lowest BCUT2D eigenvalue weighted by Crippen LogP contribution is -2.65. The molecule has 1 aromatic rings. The van der Waals surface area contributed by atoms with Crippen LogP contribution in [0.4, 0.5) is 11.4 Å². The third-order valence-electron chi connectivity index (χ3n) is 8.22. The third kappa shape index (κ3) is 4.24. The number of rotatable bonds is 7. The van der Waals surface area contributed by atoms with Crippen LogP contribution in [0.3, 0.4) is 0 Å². The molecule has 7 N–H and O–H groups in total. The Balaban J connectivity index is 1.93. The summed E-state index contributed by atoms with van der Waals surface area (Å²) in [6.45, 7) is 4.73. The molecule has 11 nitrogen and oxygen atoms in total. The molecule has 39 heavy (non-hydrogen) atoms. The summed E-state index contributed by atoms with van der Waals surface area (Å²) >= 11 is 0. The maximum Gasteiger partial charge on any atom is 0.255 e. The number of aromatic hydroxyl groups is 1. The number of nitrogens with one attached hydrogen (secondary N) is 1. The number of anilines is 2. The first-order valence-corrected chi connectivity index (χ1v) is 13.1. The van der Waals surface area contributed by atoms with Gasteiger partial charge in [0.25, 0.3) is 5.91 Å². The average molecular weight is 543 g/mol. The van der Waals surface area contributed by atoms with Gasteiger partial charge in [-0.3, -0.25) is 19.3 Å². The summed E-state index contributed by atoms with van der Waals surface area (Å²) < 4.78 is 0. The number of likely N-dealkylation sites (N-methyl/N-ethyl adjacent to an activating group) is 1. The Morgan fingerprint density at radius 1 is 1.18 bits per heavy atom. The van der Waals surface area contributed by atoms with Crippen molar-refractivity contribution in [1.29, 1.82) is 0 Å². The molecule has 0 radical (unpaired) electrons. The molecule has 3 aliphatic carbocycles. The molecule has 1 amide bonds. The highest BCUT2D eigenvalue weighted by Crippen LogP contribution is 2.54. The van der Waals surface area contributed by atoms with Crippen LogP contribution in [0.15, 0.2) is 23.0 Å². The number of amides is 1. The SMILES string of the molecule is CC(C)CCNc1cc(N(C)C)c2c(c1O)C(O)=C1C(=O)[C@]3(O)C(O)=C(C(N)=O)C(=O)[C@@H](N(C)C)C3CC1C2. The summed E-state index contributed by atoms with van der Waals surface area (Å²) in [5.74, 6) is -6.18. The van der Waals surface area contributed by atoms with E-state index in [1.807, 2.05) is 19.0 Å². The molecule has 0 heterocycles. The van der Waals surface area contributed by atoms with Gasteiger partial charge in [0.2, 0.25) is 5.78 Å². The van der Waals surface area contributed by atoms with E-state index in [1.54, 1.807) is 20.2 Å². The lowest BCUT2D eigenvalue weighted by atomic mass is 9.57. The Labute approximate surface area is 227 Å². The smallest absolute Gasteiger partial charge is 0.255 e. The second-order valence-electron chi connectivity index (χ2n) is 11.6. The van der Waals surface area contributed by atoms with Crippen LogP contribution in [0.1, 0.15) is 37.8 Å². The largest absolute Gasteiger partial charge is 0.508 e. The van der Waals surface area contributed by atoms with Gasteiger partial charge in [-0.05, 0) is 56.8 Å². The van der Waals surface area contributed by atoms with Crippen LogP contribution in [0.2, 0.25) is 0 Å². The predicted molar refractivity (Wildman–Crippen MR) is 147 cm³/mol. The highest BCUT2D eigenvalue weighted by molar-refractivity contribution is 6.24. The zero-order valence-corrected chi connectivity index (χ0v) is 23.2. The number of benzene rings is 1. The van der Waals surface area contributed by atoms with E-state index in [0.29, 0.717) is 23.7 Å². The summed E-state index contributed by atoms with van der Waals surface area (Å²) in [4.78, 5) is 42.7. The van der Waals surface area contributed by atoms with Gasteiger partial charge in [-0.15, -0.1) is 0 Å². The van der Waals surface area contributed by atoms with Crippen LogP contribution in [-0.2, 0) is 20.8 Å². The van der Waals surface area contributed by atoms with Gasteiger partial charge in [-0.2, -0.15) is 0 Å². The minimum absolute atomic E-state index is 0.0494. The summed E-state index contributed by atoms with van der Waals surface area (Å²) in [5.41, 5.74) is 3.54. The molecule has 1 aromatic carbocycles. The number of aliphatic hydroxyl groups excluding tert-OH is 2. The van der Waals surface area contributed by atoms with Crippen LogP contribution in [0.5, 0.6) is 5.75 Å². The van der Waals surface area contributed by atoms with Crippen molar-refractivity contribution in [1.82, 2.24) is 4.90 Å². The van der Waals surface area contributed by atoms with Gasteiger partial charge in [-0.25, -0.2) is 0 Å². The van der Waals surface area contributed by atoms with Crippen molar-refractivity contribution in [2.75, 3.05) is 45.0 Å². The average Bonchev–Trinajstić information content (AvgIpc) is 2.81. The van der Waals surface area contributed by atoms with E-state index in [4.69, 9.17) is 5.73 Å². The number of ketones is 2. The summed E-state index contributed by atoms with van der Waals surface area (Å²) in [5, 5.41) is 48.7. The second-order valence-corrected chi connectivity index (χ2v) is 11.6. The van der Waals surface area contributed by atoms with Crippen molar-refractivity contribution in [2.24, 2.45) is 23.5 Å². The minimum atomic E-state index is -2.66. The van der Waals surface area contributed by atoms with E-state index in [9.17, 15) is 34.8 Å². The molecule has 3 aliphatic rings. The lowest BCUT2D eigenvalue weighted by Gasteiger charge is -2.50. The minimum Gasteiger partial charge on any atom is -0.508 e. The number of nitrogens with two attached hydrogens (primary N) is 1. The molecule has 0 aromatic heterocycles. The Bertz CT molecular complexity index is 1310. The van der Waals surface area contributed by atoms with Gasteiger partial charge in [0.15, 0.2) is 11.4 Å². The van der Waals surface area contributed by atoms with Gasteiger partial charge in [-0.1, -0.05) is 13.8 Å². The molecule has 4 atom stereocenters. The van der Waals surface area contributed by atoms with Crippen molar-refractivity contribution in [3.05, 3.63) is 34.1 Å². The lowest BCUT2D eigenvalue weighted by molar-refractivity contribution is -0.153. The predicted octanol–water partition coefficient (Wildman–Crippen LogP) is 1.49. The van der Waals surface area contributed by atoms with Crippen LogP contribution < -0.4 is 16.0 Å². The molecular formula is C28H38N4O7. The van der Waals surface area contributed by atoms with Crippen molar-refractivity contribution in [2.45, 2.75) is 44.8 Å².